The van der Waals surface area contributed by atoms with Crippen LogP contribution in [0.25, 0.3) is 0 Å². The molecular formula is C12H9N3O3. The summed E-state index contributed by atoms with van der Waals surface area (Å²) in [6.07, 6.45) is 0. The van der Waals surface area contributed by atoms with Gasteiger partial charge in [0, 0.05) is 0 Å². The van der Waals surface area contributed by atoms with Crippen molar-refractivity contribution in [2.24, 2.45) is 0 Å². The van der Waals surface area contributed by atoms with E-state index in [1.807, 2.05) is 0 Å². The summed E-state index contributed by atoms with van der Waals surface area (Å²) < 4.78 is 4.58. The smallest absolute Gasteiger partial charge is 0.299 e. The van der Waals surface area contributed by atoms with E-state index in [-0.39, 0.29) is 6.54 Å². The number of aromatic nitrogens is 2. The van der Waals surface area contributed by atoms with Crippen LogP contribution in [0.4, 0.5) is 5.69 Å². The molecule has 0 saturated heterocycles. The van der Waals surface area contributed by atoms with Gasteiger partial charge in [0.15, 0.2) is 0 Å². The normalized spacial score (nSPS) is 14.2. The highest BCUT2D eigenvalue weighted by molar-refractivity contribution is 6.52. The molecule has 1 aromatic heterocycles. The molecule has 6 nitrogen and oxygen atoms in total. The Labute approximate surface area is 102 Å². The van der Waals surface area contributed by atoms with Gasteiger partial charge in [-0.1, -0.05) is 22.4 Å². The minimum absolute atomic E-state index is 0.191. The Bertz CT molecular complexity index is 648. The molecule has 1 aliphatic heterocycles. The lowest BCUT2D eigenvalue weighted by atomic mass is 10.1. The Morgan fingerprint density at radius 1 is 1.22 bits per heavy atom. The quantitative estimate of drug-likeness (QED) is 0.738. The number of aryl methyl sites for hydroxylation is 1. The first-order valence-corrected chi connectivity index (χ1v) is 5.41. The maximum Gasteiger partial charge on any atom is 0.299 e. The number of hydrogen-bond acceptors (Lipinski definition) is 5. The largest absolute Gasteiger partial charge is 0.299 e. The number of ketones is 1. The molecule has 0 radical (unpaired) electrons. The molecule has 0 unspecified atom stereocenters. The highest BCUT2D eigenvalue weighted by Gasteiger charge is 2.36. The number of benzene rings is 1. The third-order valence-electron chi connectivity index (χ3n) is 2.93. The van der Waals surface area contributed by atoms with Gasteiger partial charge in [-0.15, -0.1) is 0 Å². The zero-order valence-electron chi connectivity index (χ0n) is 9.58. The van der Waals surface area contributed by atoms with Gasteiger partial charge in [0.2, 0.25) is 0 Å². The van der Waals surface area contributed by atoms with Gasteiger partial charge in [-0.25, -0.2) is 4.63 Å². The lowest BCUT2D eigenvalue weighted by Gasteiger charge is -2.14. The van der Waals surface area contributed by atoms with Crippen molar-refractivity contribution >= 4 is 17.4 Å². The van der Waals surface area contributed by atoms with Gasteiger partial charge in [-0.3, -0.25) is 14.5 Å². The Kier molecular flexibility index (Phi) is 2.22. The molecule has 0 bridgehead atoms. The number of anilines is 1. The van der Waals surface area contributed by atoms with E-state index in [1.54, 1.807) is 31.2 Å². The Morgan fingerprint density at radius 2 is 2.00 bits per heavy atom. The molecule has 6 heteroatoms. The van der Waals surface area contributed by atoms with E-state index in [1.165, 1.54) is 4.90 Å². The summed E-state index contributed by atoms with van der Waals surface area (Å²) in [7, 11) is 0. The molecule has 1 aromatic carbocycles. The van der Waals surface area contributed by atoms with Gasteiger partial charge in [0.25, 0.3) is 11.7 Å². The van der Waals surface area contributed by atoms with Gasteiger partial charge in [-0.05, 0) is 19.1 Å². The van der Waals surface area contributed by atoms with Crippen molar-refractivity contribution in [3.05, 3.63) is 41.2 Å². The average Bonchev–Trinajstić information content (AvgIpc) is 2.88. The van der Waals surface area contributed by atoms with E-state index < -0.39 is 11.7 Å². The first-order chi connectivity index (χ1) is 8.68. The standard InChI is InChI=1S/C12H9N3O3/c1-7-9(14-18-13-7)6-15-10-5-3-2-4-8(10)11(16)12(15)17/h2-5H,6H2,1H3. The van der Waals surface area contributed by atoms with E-state index in [0.29, 0.717) is 22.6 Å². The predicted octanol–water partition coefficient (Wildman–Crippen LogP) is 1.11. The Balaban J connectivity index is 2.01. The maximum absolute atomic E-state index is 11.9. The van der Waals surface area contributed by atoms with Crippen molar-refractivity contribution in [3.8, 4) is 0 Å². The van der Waals surface area contributed by atoms with Crippen LogP contribution in [0.1, 0.15) is 21.7 Å². The highest BCUT2D eigenvalue weighted by atomic mass is 16.6. The SMILES string of the molecule is Cc1nonc1CN1C(=O)C(=O)c2ccccc21. The molecule has 0 N–H and O–H groups in total. The van der Waals surface area contributed by atoms with Gasteiger partial charge < -0.3 is 0 Å². The molecule has 1 amide bonds. The zero-order valence-corrected chi connectivity index (χ0v) is 9.58. The number of amides is 1. The van der Waals surface area contributed by atoms with Crippen LogP contribution in [0.2, 0.25) is 0 Å². The van der Waals surface area contributed by atoms with E-state index in [0.717, 1.165) is 0 Å². The average molecular weight is 243 g/mol. The number of Topliss-reactive ketones (excluding diaryl/α,β-unsaturated/α-hetero) is 1. The van der Waals surface area contributed by atoms with Gasteiger partial charge >= 0.3 is 0 Å². The molecule has 3 rings (SSSR count). The van der Waals surface area contributed by atoms with E-state index in [2.05, 4.69) is 14.9 Å². The van der Waals surface area contributed by atoms with Crippen LogP contribution < -0.4 is 4.90 Å². The number of fused-ring (bicyclic) bond motifs is 1. The van der Waals surface area contributed by atoms with Crippen LogP contribution >= 0.6 is 0 Å². The summed E-state index contributed by atoms with van der Waals surface area (Å²) in [5.74, 6) is -1.03. The minimum Gasteiger partial charge on any atom is -0.299 e. The second kappa shape index (κ2) is 3.76. The van der Waals surface area contributed by atoms with Crippen LogP contribution in [0, 0.1) is 6.92 Å². The van der Waals surface area contributed by atoms with Crippen LogP contribution in [0.3, 0.4) is 0 Å². The summed E-state index contributed by atoms with van der Waals surface area (Å²) in [6, 6.07) is 6.90. The topological polar surface area (TPSA) is 76.3 Å². The van der Waals surface area contributed by atoms with Crippen molar-refractivity contribution < 1.29 is 14.2 Å². The number of carbonyl (C=O) groups is 2. The second-order valence-corrected chi connectivity index (χ2v) is 4.03. The maximum atomic E-state index is 11.9. The molecule has 0 spiro atoms. The number of nitrogens with zero attached hydrogens (tertiary/aromatic N) is 3. The highest BCUT2D eigenvalue weighted by Crippen LogP contribution is 2.29. The summed E-state index contributed by atoms with van der Waals surface area (Å²) in [5, 5.41) is 7.37. The summed E-state index contributed by atoms with van der Waals surface area (Å²) in [5.41, 5.74) is 2.19. The molecule has 0 aliphatic carbocycles. The number of hydrogen-bond donors (Lipinski definition) is 0. The van der Waals surface area contributed by atoms with Gasteiger partial charge in [0.1, 0.15) is 11.4 Å². The molecular weight excluding hydrogens is 234 g/mol. The third kappa shape index (κ3) is 1.42. The molecule has 0 saturated carbocycles. The first kappa shape index (κ1) is 10.6. The Morgan fingerprint density at radius 3 is 2.72 bits per heavy atom. The molecule has 0 atom stereocenters. The third-order valence-corrected chi connectivity index (χ3v) is 2.93. The zero-order chi connectivity index (χ0) is 12.7. The molecule has 0 fully saturated rings. The van der Waals surface area contributed by atoms with E-state index in [9.17, 15) is 9.59 Å². The summed E-state index contributed by atoms with van der Waals surface area (Å²) in [6.45, 7) is 1.93. The molecule has 1 aliphatic rings. The van der Waals surface area contributed by atoms with Crippen molar-refractivity contribution in [1.82, 2.24) is 10.3 Å². The fourth-order valence-electron chi connectivity index (χ4n) is 1.95. The van der Waals surface area contributed by atoms with E-state index in [4.69, 9.17) is 0 Å². The van der Waals surface area contributed by atoms with Crippen LogP contribution in [0.5, 0.6) is 0 Å². The van der Waals surface area contributed by atoms with E-state index >= 15 is 0 Å². The van der Waals surface area contributed by atoms with Gasteiger partial charge in [0.05, 0.1) is 17.8 Å². The van der Waals surface area contributed by atoms with Crippen molar-refractivity contribution in [1.29, 1.82) is 0 Å². The summed E-state index contributed by atoms with van der Waals surface area (Å²) >= 11 is 0. The lowest BCUT2D eigenvalue weighted by molar-refractivity contribution is -0.114. The van der Waals surface area contributed by atoms with Crippen molar-refractivity contribution in [3.63, 3.8) is 0 Å². The van der Waals surface area contributed by atoms with Crippen molar-refractivity contribution in [2.75, 3.05) is 4.90 Å². The summed E-state index contributed by atoms with van der Waals surface area (Å²) in [4.78, 5) is 25.1. The number of carbonyl (C=O) groups excluding carboxylic acids is 2. The fraction of sp³-hybridized carbons (Fsp3) is 0.167. The lowest BCUT2D eigenvalue weighted by Crippen LogP contribution is -2.29. The molecule has 2 heterocycles. The second-order valence-electron chi connectivity index (χ2n) is 4.03. The minimum atomic E-state index is -0.543. The predicted molar refractivity (Wildman–Crippen MR) is 61.0 cm³/mol. The van der Waals surface area contributed by atoms with Crippen LogP contribution in [0.15, 0.2) is 28.9 Å². The van der Waals surface area contributed by atoms with Crippen LogP contribution in [-0.2, 0) is 11.3 Å². The molecule has 18 heavy (non-hydrogen) atoms. The van der Waals surface area contributed by atoms with Gasteiger partial charge in [-0.2, -0.15) is 0 Å². The molecule has 90 valence electrons. The fourth-order valence-corrected chi connectivity index (χ4v) is 1.95. The molecule has 2 aromatic rings. The van der Waals surface area contributed by atoms with Crippen molar-refractivity contribution in [2.45, 2.75) is 13.5 Å². The first-order valence-electron chi connectivity index (χ1n) is 5.41. The number of rotatable bonds is 2. The number of para-hydroxylation sites is 1. The monoisotopic (exact) mass is 243 g/mol. The Hall–Kier alpha value is -2.50. The van der Waals surface area contributed by atoms with Crippen LogP contribution in [-0.4, -0.2) is 22.0 Å².